The van der Waals surface area contributed by atoms with Crippen LogP contribution in [-0.2, 0) is 16.0 Å². The van der Waals surface area contributed by atoms with Crippen LogP contribution in [0.1, 0.15) is 31.7 Å². The molecule has 4 heteroatoms. The molecule has 0 bridgehead atoms. The highest BCUT2D eigenvalue weighted by Gasteiger charge is 2.37. The summed E-state index contributed by atoms with van der Waals surface area (Å²) in [7, 11) is 0. The Bertz CT molecular complexity index is 467. The van der Waals surface area contributed by atoms with E-state index in [1.54, 1.807) is 0 Å². The normalized spacial score (nSPS) is 22.2. The lowest BCUT2D eigenvalue weighted by Crippen LogP contribution is -2.29. The third-order valence-electron chi connectivity index (χ3n) is 3.80. The first-order valence-electron chi connectivity index (χ1n) is 6.74. The van der Waals surface area contributed by atoms with Crippen molar-refractivity contribution in [2.75, 3.05) is 5.32 Å². The van der Waals surface area contributed by atoms with Crippen LogP contribution in [0.4, 0.5) is 5.69 Å². The van der Waals surface area contributed by atoms with Gasteiger partial charge in [0.05, 0.1) is 11.8 Å². The summed E-state index contributed by atoms with van der Waals surface area (Å²) in [5.74, 6) is -1.97. The van der Waals surface area contributed by atoms with E-state index in [2.05, 4.69) is 12.2 Å². The molecular formula is C15H19NO3. The Kier molecular flexibility index (Phi) is 4.20. The molecule has 0 aromatic heterocycles. The number of carbonyl (C=O) groups is 2. The van der Waals surface area contributed by atoms with Gasteiger partial charge in [-0.25, -0.2) is 0 Å². The molecule has 1 fully saturated rings. The zero-order valence-corrected chi connectivity index (χ0v) is 11.1. The van der Waals surface area contributed by atoms with Crippen LogP contribution >= 0.6 is 0 Å². The molecule has 0 aliphatic heterocycles. The van der Waals surface area contributed by atoms with Crippen molar-refractivity contribution in [3.63, 3.8) is 0 Å². The fourth-order valence-electron chi connectivity index (χ4n) is 2.63. The number of anilines is 1. The van der Waals surface area contributed by atoms with Crippen LogP contribution in [0.15, 0.2) is 24.3 Å². The summed E-state index contributed by atoms with van der Waals surface area (Å²) in [6, 6.07) is 7.67. The molecule has 0 spiro atoms. The number of benzene rings is 1. The zero-order valence-electron chi connectivity index (χ0n) is 11.1. The second kappa shape index (κ2) is 5.87. The van der Waals surface area contributed by atoms with Gasteiger partial charge in [-0.05, 0) is 37.0 Å². The summed E-state index contributed by atoms with van der Waals surface area (Å²) in [4.78, 5) is 23.2. The van der Waals surface area contributed by atoms with Gasteiger partial charge < -0.3 is 10.4 Å². The van der Waals surface area contributed by atoms with Crippen molar-refractivity contribution in [2.45, 2.75) is 32.6 Å². The van der Waals surface area contributed by atoms with Gasteiger partial charge in [0.2, 0.25) is 5.91 Å². The molecule has 0 radical (unpaired) electrons. The number of hydrogen-bond donors (Lipinski definition) is 2. The minimum absolute atomic E-state index is 0.172. The molecule has 2 unspecified atom stereocenters. The molecule has 0 saturated heterocycles. The Hall–Kier alpha value is -1.84. The monoisotopic (exact) mass is 261 g/mol. The Morgan fingerprint density at radius 1 is 1.21 bits per heavy atom. The first-order chi connectivity index (χ1) is 9.11. The minimum atomic E-state index is -0.862. The zero-order chi connectivity index (χ0) is 13.8. The third-order valence-corrected chi connectivity index (χ3v) is 3.80. The van der Waals surface area contributed by atoms with Crippen LogP contribution in [0.25, 0.3) is 0 Å². The fourth-order valence-corrected chi connectivity index (χ4v) is 2.63. The van der Waals surface area contributed by atoms with Gasteiger partial charge in [0.25, 0.3) is 0 Å². The van der Waals surface area contributed by atoms with E-state index in [1.807, 2.05) is 24.3 Å². The summed E-state index contributed by atoms with van der Waals surface area (Å²) in [6.07, 6.45) is 3.03. The number of rotatable bonds is 4. The average Bonchev–Trinajstić information content (AvgIpc) is 2.89. The molecule has 1 aliphatic rings. The average molecular weight is 261 g/mol. The number of aryl methyl sites for hydroxylation is 1. The summed E-state index contributed by atoms with van der Waals surface area (Å²) in [5.41, 5.74) is 1.94. The van der Waals surface area contributed by atoms with E-state index in [0.717, 1.165) is 18.5 Å². The number of hydrogen-bond acceptors (Lipinski definition) is 2. The van der Waals surface area contributed by atoms with Crippen LogP contribution in [-0.4, -0.2) is 17.0 Å². The summed E-state index contributed by atoms with van der Waals surface area (Å²) < 4.78 is 0. The standard InChI is InChI=1S/C15H19NO3/c1-2-10-6-8-11(9-7-10)16-14(17)12-4-3-5-13(12)15(18)19/h6-9,12-13H,2-5H2,1H3,(H,16,17)(H,18,19). The highest BCUT2D eigenvalue weighted by molar-refractivity contribution is 5.95. The van der Waals surface area contributed by atoms with Crippen molar-refractivity contribution in [2.24, 2.45) is 11.8 Å². The Morgan fingerprint density at radius 2 is 1.84 bits per heavy atom. The molecule has 0 heterocycles. The van der Waals surface area contributed by atoms with Crippen molar-refractivity contribution < 1.29 is 14.7 Å². The first kappa shape index (κ1) is 13.6. The van der Waals surface area contributed by atoms with Crippen LogP contribution in [0.3, 0.4) is 0 Å². The molecule has 1 aliphatic carbocycles. The smallest absolute Gasteiger partial charge is 0.307 e. The molecule has 2 rings (SSSR count). The molecular weight excluding hydrogens is 242 g/mol. The molecule has 1 aromatic rings. The lowest BCUT2D eigenvalue weighted by Gasteiger charge is -2.15. The van der Waals surface area contributed by atoms with Gasteiger partial charge in [-0.2, -0.15) is 0 Å². The highest BCUT2D eigenvalue weighted by atomic mass is 16.4. The maximum absolute atomic E-state index is 12.1. The Labute approximate surface area is 112 Å². The molecule has 1 saturated carbocycles. The number of carboxylic acid groups (broad SMARTS) is 1. The predicted octanol–water partition coefficient (Wildman–Crippen LogP) is 2.69. The SMILES string of the molecule is CCc1ccc(NC(=O)C2CCCC2C(=O)O)cc1. The van der Waals surface area contributed by atoms with E-state index < -0.39 is 17.8 Å². The molecule has 4 nitrogen and oxygen atoms in total. The van der Waals surface area contributed by atoms with E-state index in [1.165, 1.54) is 5.56 Å². The summed E-state index contributed by atoms with van der Waals surface area (Å²) >= 11 is 0. The lowest BCUT2D eigenvalue weighted by molar-refractivity contribution is -0.145. The fraction of sp³-hybridized carbons (Fsp3) is 0.467. The van der Waals surface area contributed by atoms with E-state index in [4.69, 9.17) is 5.11 Å². The highest BCUT2D eigenvalue weighted by Crippen LogP contribution is 2.32. The quantitative estimate of drug-likeness (QED) is 0.875. The Balaban J connectivity index is 2.01. The van der Waals surface area contributed by atoms with Crippen molar-refractivity contribution in [3.8, 4) is 0 Å². The van der Waals surface area contributed by atoms with Gasteiger partial charge in [-0.1, -0.05) is 25.5 Å². The maximum atomic E-state index is 12.1. The van der Waals surface area contributed by atoms with Gasteiger partial charge >= 0.3 is 5.97 Å². The van der Waals surface area contributed by atoms with Crippen molar-refractivity contribution in [1.82, 2.24) is 0 Å². The number of aliphatic carboxylic acids is 1. The molecule has 2 N–H and O–H groups in total. The number of carboxylic acids is 1. The molecule has 19 heavy (non-hydrogen) atoms. The van der Waals surface area contributed by atoms with Crippen LogP contribution in [0.5, 0.6) is 0 Å². The van der Waals surface area contributed by atoms with E-state index in [0.29, 0.717) is 12.8 Å². The predicted molar refractivity (Wildman–Crippen MR) is 72.9 cm³/mol. The molecule has 102 valence electrons. The van der Waals surface area contributed by atoms with Crippen LogP contribution < -0.4 is 5.32 Å². The topological polar surface area (TPSA) is 66.4 Å². The second-order valence-corrected chi connectivity index (χ2v) is 5.02. The van der Waals surface area contributed by atoms with Gasteiger partial charge in [0.1, 0.15) is 0 Å². The number of carbonyl (C=O) groups excluding carboxylic acids is 1. The van der Waals surface area contributed by atoms with Crippen molar-refractivity contribution >= 4 is 17.6 Å². The number of amides is 1. The third kappa shape index (κ3) is 3.13. The lowest BCUT2D eigenvalue weighted by atomic mass is 9.95. The van der Waals surface area contributed by atoms with Crippen molar-refractivity contribution in [3.05, 3.63) is 29.8 Å². The maximum Gasteiger partial charge on any atom is 0.307 e. The van der Waals surface area contributed by atoms with E-state index in [9.17, 15) is 9.59 Å². The van der Waals surface area contributed by atoms with Gasteiger partial charge in [0, 0.05) is 5.69 Å². The van der Waals surface area contributed by atoms with Gasteiger partial charge in [-0.15, -0.1) is 0 Å². The summed E-state index contributed by atoms with van der Waals surface area (Å²) in [5, 5.41) is 11.9. The van der Waals surface area contributed by atoms with E-state index in [-0.39, 0.29) is 5.91 Å². The molecule has 2 atom stereocenters. The van der Waals surface area contributed by atoms with Crippen molar-refractivity contribution in [1.29, 1.82) is 0 Å². The largest absolute Gasteiger partial charge is 0.481 e. The van der Waals surface area contributed by atoms with Crippen LogP contribution in [0.2, 0.25) is 0 Å². The van der Waals surface area contributed by atoms with Gasteiger partial charge in [0.15, 0.2) is 0 Å². The summed E-state index contributed by atoms with van der Waals surface area (Å²) in [6.45, 7) is 2.07. The first-order valence-corrected chi connectivity index (χ1v) is 6.74. The molecule has 1 amide bonds. The second-order valence-electron chi connectivity index (χ2n) is 5.02. The van der Waals surface area contributed by atoms with Crippen LogP contribution in [0, 0.1) is 11.8 Å². The Morgan fingerprint density at radius 3 is 2.42 bits per heavy atom. The number of nitrogens with one attached hydrogen (secondary N) is 1. The molecule has 1 aromatic carbocycles. The van der Waals surface area contributed by atoms with E-state index >= 15 is 0 Å². The minimum Gasteiger partial charge on any atom is -0.481 e. The van der Waals surface area contributed by atoms with Gasteiger partial charge in [-0.3, -0.25) is 9.59 Å².